The van der Waals surface area contributed by atoms with E-state index < -0.39 is 0 Å². The number of methoxy groups -OCH3 is 1. The molecule has 0 heterocycles. The zero-order valence-corrected chi connectivity index (χ0v) is 17.4. The molecule has 3 N–H and O–H groups in total. The molecule has 0 spiro atoms. The van der Waals surface area contributed by atoms with Crippen molar-refractivity contribution in [2.24, 2.45) is 0 Å². The van der Waals surface area contributed by atoms with Gasteiger partial charge in [0, 0.05) is 18.7 Å². The van der Waals surface area contributed by atoms with Gasteiger partial charge in [-0.05, 0) is 43.2 Å². The first-order valence-corrected chi connectivity index (χ1v) is 9.61. The molecule has 0 unspecified atom stereocenters. The number of carbonyl (C=O) groups excluding carboxylic acids is 3. The van der Waals surface area contributed by atoms with E-state index in [1.165, 1.54) is 7.11 Å². The monoisotopic (exact) mass is 413 g/mol. The lowest BCUT2D eigenvalue weighted by molar-refractivity contribution is -0.123. The molecule has 160 valence electrons. The minimum absolute atomic E-state index is 0.110. The Hall–Kier alpha value is -3.55. The Bertz CT molecular complexity index is 898. The maximum atomic E-state index is 12.2. The second-order valence-corrected chi connectivity index (χ2v) is 6.50. The van der Waals surface area contributed by atoms with E-state index in [4.69, 9.17) is 9.47 Å². The Labute approximate surface area is 175 Å². The minimum Gasteiger partial charge on any atom is -0.493 e. The standard InChI is InChI=1S/C22H27N3O5/c1-4-23-21(27)14-30-18-10-9-16(11-19(18)29-3)12-24-20(26)13-25-22(28)17-8-6-5-7-15(17)2/h5-11H,4,12-14H2,1-3H3,(H,23,27)(H,24,26)(H,25,28). The molecule has 0 bridgehead atoms. The molecule has 0 fully saturated rings. The van der Waals surface area contributed by atoms with Gasteiger partial charge in [-0.3, -0.25) is 14.4 Å². The molecule has 8 nitrogen and oxygen atoms in total. The fraction of sp³-hybridized carbons (Fsp3) is 0.318. The lowest BCUT2D eigenvalue weighted by atomic mass is 10.1. The van der Waals surface area contributed by atoms with Gasteiger partial charge in [0.1, 0.15) is 0 Å². The van der Waals surface area contributed by atoms with Crippen molar-refractivity contribution in [3.05, 3.63) is 59.2 Å². The second-order valence-electron chi connectivity index (χ2n) is 6.50. The Morgan fingerprint density at radius 1 is 0.933 bits per heavy atom. The number of aryl methyl sites for hydroxylation is 1. The van der Waals surface area contributed by atoms with E-state index in [0.717, 1.165) is 11.1 Å². The van der Waals surface area contributed by atoms with Crippen molar-refractivity contribution in [1.29, 1.82) is 0 Å². The number of rotatable bonds is 10. The quantitative estimate of drug-likeness (QED) is 0.548. The van der Waals surface area contributed by atoms with Crippen molar-refractivity contribution in [2.75, 3.05) is 26.8 Å². The summed E-state index contributed by atoms with van der Waals surface area (Å²) < 4.78 is 10.8. The molecule has 2 rings (SSSR count). The summed E-state index contributed by atoms with van der Waals surface area (Å²) in [6, 6.07) is 12.3. The van der Waals surface area contributed by atoms with Crippen molar-refractivity contribution < 1.29 is 23.9 Å². The van der Waals surface area contributed by atoms with Gasteiger partial charge in [-0.25, -0.2) is 0 Å². The van der Waals surface area contributed by atoms with E-state index in [9.17, 15) is 14.4 Å². The minimum atomic E-state index is -0.313. The zero-order valence-electron chi connectivity index (χ0n) is 17.4. The highest BCUT2D eigenvalue weighted by Gasteiger charge is 2.11. The highest BCUT2D eigenvalue weighted by molar-refractivity contribution is 5.97. The van der Waals surface area contributed by atoms with E-state index in [-0.39, 0.29) is 37.4 Å². The summed E-state index contributed by atoms with van der Waals surface area (Å²) in [5.41, 5.74) is 2.17. The Morgan fingerprint density at radius 3 is 2.40 bits per heavy atom. The molecule has 2 aromatic rings. The first-order valence-electron chi connectivity index (χ1n) is 9.61. The van der Waals surface area contributed by atoms with Gasteiger partial charge in [0.05, 0.1) is 13.7 Å². The molecule has 0 atom stereocenters. The molecular weight excluding hydrogens is 386 g/mol. The first-order chi connectivity index (χ1) is 14.4. The van der Waals surface area contributed by atoms with Crippen molar-refractivity contribution in [3.8, 4) is 11.5 Å². The van der Waals surface area contributed by atoms with E-state index >= 15 is 0 Å². The van der Waals surface area contributed by atoms with Crippen LogP contribution in [0.5, 0.6) is 11.5 Å². The molecule has 0 aliphatic carbocycles. The molecule has 8 heteroatoms. The number of nitrogens with one attached hydrogen (secondary N) is 3. The van der Waals surface area contributed by atoms with Crippen LogP contribution in [0.25, 0.3) is 0 Å². The van der Waals surface area contributed by atoms with Crippen LogP contribution in [-0.4, -0.2) is 44.5 Å². The van der Waals surface area contributed by atoms with Gasteiger partial charge in [-0.15, -0.1) is 0 Å². The SMILES string of the molecule is CCNC(=O)COc1ccc(CNC(=O)CNC(=O)c2ccccc2C)cc1OC. The molecule has 0 aliphatic rings. The summed E-state index contributed by atoms with van der Waals surface area (Å²) in [6.45, 7) is 4.22. The summed E-state index contributed by atoms with van der Waals surface area (Å²) >= 11 is 0. The van der Waals surface area contributed by atoms with Crippen LogP contribution in [0, 0.1) is 6.92 Å². The van der Waals surface area contributed by atoms with E-state index in [2.05, 4.69) is 16.0 Å². The summed E-state index contributed by atoms with van der Waals surface area (Å²) in [7, 11) is 1.50. The number of carbonyl (C=O) groups is 3. The van der Waals surface area contributed by atoms with Gasteiger partial charge < -0.3 is 25.4 Å². The van der Waals surface area contributed by atoms with Crippen LogP contribution < -0.4 is 25.4 Å². The van der Waals surface area contributed by atoms with E-state index in [1.54, 1.807) is 30.3 Å². The average molecular weight is 413 g/mol. The molecule has 0 saturated carbocycles. The third kappa shape index (κ3) is 6.80. The van der Waals surface area contributed by atoms with Crippen LogP contribution in [0.1, 0.15) is 28.4 Å². The molecule has 30 heavy (non-hydrogen) atoms. The molecule has 0 radical (unpaired) electrons. The van der Waals surface area contributed by atoms with Crippen LogP contribution in [0.15, 0.2) is 42.5 Å². The molecular formula is C22H27N3O5. The average Bonchev–Trinajstić information content (AvgIpc) is 2.75. The van der Waals surface area contributed by atoms with Gasteiger partial charge in [-0.2, -0.15) is 0 Å². The largest absolute Gasteiger partial charge is 0.493 e. The summed E-state index contributed by atoms with van der Waals surface area (Å²) in [4.78, 5) is 35.8. The van der Waals surface area contributed by atoms with Crippen LogP contribution in [0.3, 0.4) is 0 Å². The number of ether oxygens (including phenoxy) is 2. The smallest absolute Gasteiger partial charge is 0.257 e. The predicted molar refractivity (Wildman–Crippen MR) is 113 cm³/mol. The third-order valence-electron chi connectivity index (χ3n) is 4.25. The lowest BCUT2D eigenvalue weighted by Gasteiger charge is -2.13. The summed E-state index contributed by atoms with van der Waals surface area (Å²) in [5.74, 6) is 0.0675. The Kier molecular flexibility index (Phi) is 8.68. The molecule has 2 aromatic carbocycles. The van der Waals surface area contributed by atoms with Gasteiger partial charge in [0.2, 0.25) is 5.91 Å². The van der Waals surface area contributed by atoms with Crippen molar-refractivity contribution >= 4 is 17.7 Å². The number of likely N-dealkylation sites (N-methyl/N-ethyl adjacent to an activating group) is 1. The summed E-state index contributed by atoms with van der Waals surface area (Å²) in [5, 5.41) is 8.00. The molecule has 0 saturated heterocycles. The Morgan fingerprint density at radius 2 is 1.70 bits per heavy atom. The van der Waals surface area contributed by atoms with Gasteiger partial charge in [-0.1, -0.05) is 24.3 Å². The number of benzene rings is 2. The molecule has 0 aliphatic heterocycles. The number of hydrogen-bond donors (Lipinski definition) is 3. The fourth-order valence-electron chi connectivity index (χ4n) is 2.68. The topological polar surface area (TPSA) is 106 Å². The van der Waals surface area contributed by atoms with E-state index in [1.807, 2.05) is 26.0 Å². The predicted octanol–water partition coefficient (Wildman–Crippen LogP) is 1.56. The van der Waals surface area contributed by atoms with Crippen molar-refractivity contribution in [3.63, 3.8) is 0 Å². The summed E-state index contributed by atoms with van der Waals surface area (Å²) in [6.07, 6.45) is 0. The van der Waals surface area contributed by atoms with Gasteiger partial charge >= 0.3 is 0 Å². The lowest BCUT2D eigenvalue weighted by Crippen LogP contribution is -2.36. The normalized spacial score (nSPS) is 10.1. The third-order valence-corrected chi connectivity index (χ3v) is 4.25. The van der Waals surface area contributed by atoms with Crippen molar-refractivity contribution in [2.45, 2.75) is 20.4 Å². The Balaban J connectivity index is 1.84. The van der Waals surface area contributed by atoms with Gasteiger partial charge in [0.15, 0.2) is 18.1 Å². The molecule has 0 aromatic heterocycles. The number of hydrogen-bond acceptors (Lipinski definition) is 5. The maximum Gasteiger partial charge on any atom is 0.257 e. The van der Waals surface area contributed by atoms with Gasteiger partial charge in [0.25, 0.3) is 11.8 Å². The highest BCUT2D eigenvalue weighted by Crippen LogP contribution is 2.28. The first kappa shape index (κ1) is 22.7. The van der Waals surface area contributed by atoms with Crippen LogP contribution in [-0.2, 0) is 16.1 Å². The highest BCUT2D eigenvalue weighted by atomic mass is 16.5. The second kappa shape index (κ2) is 11.5. The van der Waals surface area contributed by atoms with Crippen molar-refractivity contribution in [1.82, 2.24) is 16.0 Å². The van der Waals surface area contributed by atoms with Crippen LogP contribution in [0.2, 0.25) is 0 Å². The zero-order chi connectivity index (χ0) is 21.9. The number of amides is 3. The fourth-order valence-corrected chi connectivity index (χ4v) is 2.68. The maximum absolute atomic E-state index is 12.2. The van der Waals surface area contributed by atoms with E-state index in [0.29, 0.717) is 23.6 Å². The van der Waals surface area contributed by atoms with Crippen LogP contribution in [0.4, 0.5) is 0 Å². The van der Waals surface area contributed by atoms with Crippen LogP contribution >= 0.6 is 0 Å². The molecule has 3 amide bonds.